The third-order valence-electron chi connectivity index (χ3n) is 9.01. The standard InChI is InChI=1S/C37H33BrClF3N2O4/c1-21-30(26-18-23(38)10-12-28(26)43-31(21)22-8-6-5-7-9-22)32(45)44-36-16-14-35(15-17-36,33(46)48-34(2,3)4)20-27(36)25-19-24(39)11-13-29(25)47-37(40,41)42/h5-13,18-20H,14-17H2,1-4H3,(H,44,45). The second kappa shape index (κ2) is 12.2. The zero-order valence-electron chi connectivity index (χ0n) is 26.7. The Kier molecular flexibility index (Phi) is 8.65. The summed E-state index contributed by atoms with van der Waals surface area (Å²) in [5, 5.41) is 4.03. The van der Waals surface area contributed by atoms with Gasteiger partial charge in [0.05, 0.1) is 27.7 Å². The molecule has 1 saturated carbocycles. The molecule has 1 amide bonds. The van der Waals surface area contributed by atoms with Crippen molar-refractivity contribution in [1.29, 1.82) is 0 Å². The monoisotopic (exact) mass is 740 g/mol. The van der Waals surface area contributed by atoms with Gasteiger partial charge in [-0.3, -0.25) is 9.59 Å². The summed E-state index contributed by atoms with van der Waals surface area (Å²) in [5.41, 5.74) is 0.407. The summed E-state index contributed by atoms with van der Waals surface area (Å²) in [7, 11) is 0. The Morgan fingerprint density at radius 3 is 2.29 bits per heavy atom. The van der Waals surface area contributed by atoms with Crippen LogP contribution in [0.2, 0.25) is 5.02 Å². The van der Waals surface area contributed by atoms with Crippen LogP contribution in [0.3, 0.4) is 0 Å². The minimum Gasteiger partial charge on any atom is -0.459 e. The molecule has 3 aliphatic rings. The first-order valence-corrected chi connectivity index (χ1v) is 16.7. The van der Waals surface area contributed by atoms with Crippen molar-refractivity contribution in [2.24, 2.45) is 5.41 Å². The number of nitrogens with zero attached hydrogens (tertiary/aromatic N) is 1. The lowest BCUT2D eigenvalue weighted by Crippen LogP contribution is -2.58. The van der Waals surface area contributed by atoms with E-state index in [2.05, 4.69) is 26.0 Å². The van der Waals surface area contributed by atoms with Crippen LogP contribution >= 0.6 is 27.5 Å². The van der Waals surface area contributed by atoms with E-state index in [0.717, 1.165) is 16.1 Å². The highest BCUT2D eigenvalue weighted by atomic mass is 79.9. The molecule has 1 N–H and O–H groups in total. The molecule has 1 heterocycles. The predicted molar refractivity (Wildman–Crippen MR) is 183 cm³/mol. The van der Waals surface area contributed by atoms with Gasteiger partial charge < -0.3 is 14.8 Å². The molecule has 7 rings (SSSR count). The first-order valence-electron chi connectivity index (χ1n) is 15.5. The maximum Gasteiger partial charge on any atom is 0.573 e. The number of amides is 1. The van der Waals surface area contributed by atoms with Crippen molar-refractivity contribution >= 4 is 55.9 Å². The van der Waals surface area contributed by atoms with Gasteiger partial charge in [0.15, 0.2) is 0 Å². The summed E-state index contributed by atoms with van der Waals surface area (Å²) >= 11 is 9.88. The number of hydrogen-bond donors (Lipinski definition) is 1. The van der Waals surface area contributed by atoms with Crippen molar-refractivity contribution in [3.8, 4) is 17.0 Å². The van der Waals surface area contributed by atoms with Crippen molar-refractivity contribution in [2.75, 3.05) is 0 Å². The average Bonchev–Trinajstić information content (AvgIpc) is 3.01. The molecule has 0 spiro atoms. The van der Waals surface area contributed by atoms with Crippen LogP contribution in [0.1, 0.15) is 67.9 Å². The molecule has 48 heavy (non-hydrogen) atoms. The van der Waals surface area contributed by atoms with Crippen LogP contribution in [-0.2, 0) is 9.53 Å². The molecular weight excluding hydrogens is 709 g/mol. The third kappa shape index (κ3) is 6.57. The first-order chi connectivity index (χ1) is 22.5. The zero-order chi connectivity index (χ0) is 34.6. The van der Waals surface area contributed by atoms with E-state index >= 15 is 0 Å². The van der Waals surface area contributed by atoms with Crippen LogP contribution in [0, 0.1) is 12.3 Å². The van der Waals surface area contributed by atoms with E-state index in [1.54, 1.807) is 26.8 Å². The molecule has 0 radical (unpaired) electrons. The Morgan fingerprint density at radius 1 is 0.958 bits per heavy atom. The molecule has 6 nitrogen and oxygen atoms in total. The summed E-state index contributed by atoms with van der Waals surface area (Å²) < 4.78 is 52.0. The number of pyridine rings is 1. The minimum atomic E-state index is -5.00. The molecule has 2 bridgehead atoms. The molecule has 3 aliphatic carbocycles. The van der Waals surface area contributed by atoms with Crippen molar-refractivity contribution in [3.05, 3.63) is 99.0 Å². The summed E-state index contributed by atoms with van der Waals surface area (Å²) in [6.07, 6.45) is -2.17. The van der Waals surface area contributed by atoms with E-state index in [1.807, 2.05) is 55.5 Å². The van der Waals surface area contributed by atoms with Gasteiger partial charge in [0.1, 0.15) is 11.4 Å². The number of carbonyl (C=O) groups is 2. The molecule has 1 fully saturated rings. The molecule has 0 atom stereocenters. The fraction of sp³-hybridized carbons (Fsp3) is 0.324. The summed E-state index contributed by atoms with van der Waals surface area (Å²) in [5.74, 6) is -1.38. The Morgan fingerprint density at radius 2 is 1.65 bits per heavy atom. The molecule has 0 unspecified atom stereocenters. The first kappa shape index (κ1) is 34.0. The molecule has 4 aromatic rings. The van der Waals surface area contributed by atoms with Crippen LogP contribution in [-0.4, -0.2) is 34.4 Å². The smallest absolute Gasteiger partial charge is 0.459 e. The number of nitrogens with one attached hydrogen (secondary N) is 1. The zero-order valence-corrected chi connectivity index (χ0v) is 29.1. The second-order valence-corrected chi connectivity index (χ2v) is 14.8. The summed E-state index contributed by atoms with van der Waals surface area (Å²) in [4.78, 5) is 33.3. The number of halogens is 5. The van der Waals surface area contributed by atoms with Crippen LogP contribution in [0.25, 0.3) is 27.7 Å². The molecule has 1 aromatic heterocycles. The van der Waals surface area contributed by atoms with Gasteiger partial charge >= 0.3 is 12.3 Å². The van der Waals surface area contributed by atoms with Gasteiger partial charge in [0.2, 0.25) is 0 Å². The van der Waals surface area contributed by atoms with E-state index in [1.165, 1.54) is 12.1 Å². The van der Waals surface area contributed by atoms with E-state index in [0.29, 0.717) is 46.1 Å². The lowest BCUT2D eigenvalue weighted by molar-refractivity contribution is -0.274. The Hall–Kier alpha value is -3.89. The number of fused-ring (bicyclic) bond motifs is 3. The van der Waals surface area contributed by atoms with Crippen LogP contribution in [0.15, 0.2) is 77.3 Å². The summed E-state index contributed by atoms with van der Waals surface area (Å²) in [6.45, 7) is 7.12. The van der Waals surface area contributed by atoms with Crippen LogP contribution in [0.4, 0.5) is 13.2 Å². The lowest BCUT2D eigenvalue weighted by atomic mass is 9.57. The number of aromatic nitrogens is 1. The third-order valence-corrected chi connectivity index (χ3v) is 9.74. The number of rotatable bonds is 6. The average molecular weight is 742 g/mol. The highest BCUT2D eigenvalue weighted by Crippen LogP contribution is 2.56. The van der Waals surface area contributed by atoms with E-state index < -0.39 is 40.5 Å². The van der Waals surface area contributed by atoms with Gasteiger partial charge in [-0.2, -0.15) is 0 Å². The Labute approximate surface area is 289 Å². The molecule has 11 heteroatoms. The fourth-order valence-electron chi connectivity index (χ4n) is 6.83. The van der Waals surface area contributed by atoms with Crippen LogP contribution < -0.4 is 10.1 Å². The normalized spacial score (nSPS) is 20.7. The maximum absolute atomic E-state index is 14.7. The Balaban J connectivity index is 1.52. The van der Waals surface area contributed by atoms with Gasteiger partial charge in [0.25, 0.3) is 5.91 Å². The number of carbonyl (C=O) groups excluding carboxylic acids is 2. The lowest BCUT2D eigenvalue weighted by Gasteiger charge is -2.52. The molecule has 0 saturated heterocycles. The molecule has 250 valence electrons. The largest absolute Gasteiger partial charge is 0.573 e. The van der Waals surface area contributed by atoms with Gasteiger partial charge in [-0.05, 0) is 101 Å². The van der Waals surface area contributed by atoms with Crippen LogP contribution in [0.5, 0.6) is 5.75 Å². The van der Waals surface area contributed by atoms with E-state index in [4.69, 9.17) is 21.3 Å². The maximum atomic E-state index is 14.7. The van der Waals surface area contributed by atoms with Gasteiger partial charge in [0, 0.05) is 26.0 Å². The highest BCUT2D eigenvalue weighted by molar-refractivity contribution is 9.10. The number of esters is 1. The van der Waals surface area contributed by atoms with Crippen molar-refractivity contribution < 1.29 is 32.2 Å². The van der Waals surface area contributed by atoms with Crippen molar-refractivity contribution in [3.63, 3.8) is 0 Å². The van der Waals surface area contributed by atoms with Gasteiger partial charge in [-0.1, -0.05) is 63.9 Å². The topological polar surface area (TPSA) is 77.5 Å². The number of hydrogen-bond acceptors (Lipinski definition) is 5. The van der Waals surface area contributed by atoms with Crippen molar-refractivity contribution in [2.45, 2.75) is 70.9 Å². The highest BCUT2D eigenvalue weighted by Gasteiger charge is 2.55. The van der Waals surface area contributed by atoms with E-state index in [-0.39, 0.29) is 23.4 Å². The van der Waals surface area contributed by atoms with Gasteiger partial charge in [-0.15, -0.1) is 13.2 Å². The second-order valence-electron chi connectivity index (χ2n) is 13.4. The Bertz CT molecular complexity index is 1960. The number of alkyl halides is 3. The number of benzene rings is 3. The molecule has 0 aliphatic heterocycles. The SMILES string of the molecule is Cc1c(-c2ccccc2)nc2ccc(Br)cc2c1C(=O)NC12CCC(C(=O)OC(C)(C)C)(C=C1c1cc(Cl)ccc1OC(F)(F)F)CC2. The van der Waals surface area contributed by atoms with E-state index in [9.17, 15) is 22.8 Å². The van der Waals surface area contributed by atoms with Gasteiger partial charge in [-0.25, -0.2) is 4.98 Å². The quantitative estimate of drug-likeness (QED) is 0.199. The molecule has 3 aromatic carbocycles. The number of ether oxygens (including phenoxy) is 2. The predicted octanol–water partition coefficient (Wildman–Crippen LogP) is 9.99. The fourth-order valence-corrected chi connectivity index (χ4v) is 7.36. The van der Waals surface area contributed by atoms with Crippen molar-refractivity contribution in [1.82, 2.24) is 10.3 Å². The summed E-state index contributed by atoms with van der Waals surface area (Å²) in [6, 6.07) is 18.9. The molecular formula is C37H33BrClF3N2O4. The minimum absolute atomic E-state index is 0.0384.